The molecule has 0 aromatic heterocycles. The van der Waals surface area contributed by atoms with Gasteiger partial charge < -0.3 is 10.1 Å². The zero-order chi connectivity index (χ0) is 14.8. The van der Waals surface area contributed by atoms with Crippen LogP contribution in [0.1, 0.15) is 45.2 Å². The monoisotopic (exact) mass is 276 g/mol. The fourth-order valence-corrected chi connectivity index (χ4v) is 2.34. The summed E-state index contributed by atoms with van der Waals surface area (Å²) in [6.07, 6.45) is 2.08. The van der Waals surface area contributed by atoms with Crippen molar-refractivity contribution in [3.8, 4) is 0 Å². The number of carbonyl (C=O) groups is 1. The van der Waals surface area contributed by atoms with E-state index in [1.807, 2.05) is 32.9 Å². The van der Waals surface area contributed by atoms with E-state index in [4.69, 9.17) is 4.74 Å². The molecule has 2 rings (SSSR count). The Labute approximate surface area is 121 Å². The summed E-state index contributed by atoms with van der Waals surface area (Å²) < 4.78 is 5.36. The van der Waals surface area contributed by atoms with E-state index in [0.29, 0.717) is 6.04 Å². The lowest BCUT2D eigenvalue weighted by Gasteiger charge is -2.25. The molecule has 0 bridgehead atoms. The van der Waals surface area contributed by atoms with Gasteiger partial charge in [0.2, 0.25) is 0 Å². The first-order valence-corrected chi connectivity index (χ1v) is 7.17. The third-order valence-corrected chi connectivity index (χ3v) is 3.41. The van der Waals surface area contributed by atoms with Crippen LogP contribution in [-0.4, -0.2) is 25.3 Å². The summed E-state index contributed by atoms with van der Waals surface area (Å²) in [5.74, 6) is 0. The van der Waals surface area contributed by atoms with Crippen LogP contribution in [0.2, 0.25) is 0 Å². The Hall–Kier alpha value is -1.55. The molecule has 1 unspecified atom stereocenters. The van der Waals surface area contributed by atoms with Gasteiger partial charge >= 0.3 is 6.09 Å². The Bertz CT molecular complexity index is 456. The molecule has 1 heterocycles. The Morgan fingerprint density at radius 2 is 1.95 bits per heavy atom. The van der Waals surface area contributed by atoms with Gasteiger partial charge in [0, 0.05) is 18.8 Å². The normalized spacial score (nSPS) is 18.9. The van der Waals surface area contributed by atoms with Gasteiger partial charge in [0.25, 0.3) is 0 Å². The summed E-state index contributed by atoms with van der Waals surface area (Å²) in [6, 6.07) is 8.56. The zero-order valence-electron chi connectivity index (χ0n) is 12.8. The van der Waals surface area contributed by atoms with E-state index < -0.39 is 5.60 Å². The van der Waals surface area contributed by atoms with Crippen LogP contribution in [-0.2, 0) is 4.74 Å². The predicted octanol–water partition coefficient (Wildman–Crippen LogP) is 3.48. The van der Waals surface area contributed by atoms with Crippen LogP contribution in [0.15, 0.2) is 24.3 Å². The van der Waals surface area contributed by atoms with E-state index in [-0.39, 0.29) is 6.09 Å². The maximum absolute atomic E-state index is 12.0. The first-order valence-electron chi connectivity index (χ1n) is 7.17. The topological polar surface area (TPSA) is 41.6 Å². The van der Waals surface area contributed by atoms with Crippen molar-refractivity contribution in [2.45, 2.75) is 45.3 Å². The molecule has 1 saturated heterocycles. The molecule has 0 saturated carbocycles. The van der Waals surface area contributed by atoms with Gasteiger partial charge in [-0.2, -0.15) is 0 Å². The number of hydrogen-bond donors (Lipinski definition) is 1. The lowest BCUT2D eigenvalue weighted by atomic mass is 10.1. The summed E-state index contributed by atoms with van der Waals surface area (Å²) in [5.41, 5.74) is 1.66. The number of benzene rings is 1. The van der Waals surface area contributed by atoms with Crippen molar-refractivity contribution in [2.24, 2.45) is 0 Å². The van der Waals surface area contributed by atoms with Crippen LogP contribution in [0.25, 0.3) is 0 Å². The van der Waals surface area contributed by atoms with Crippen LogP contribution in [0.4, 0.5) is 10.5 Å². The number of ether oxygens (including phenoxy) is 1. The molecule has 1 N–H and O–H groups in total. The quantitative estimate of drug-likeness (QED) is 0.899. The summed E-state index contributed by atoms with van der Waals surface area (Å²) >= 11 is 0. The standard InChI is InChI=1S/C16H24N2O2/c1-16(2,3)20-15(19)18(4)13-9-7-12(8-10-13)14-6-5-11-17-14/h7-10,14,17H,5-6,11H2,1-4H3. The molecule has 1 fully saturated rings. The molecule has 0 aliphatic carbocycles. The number of anilines is 1. The summed E-state index contributed by atoms with van der Waals surface area (Å²) in [6.45, 7) is 6.69. The first kappa shape index (κ1) is 14.9. The average molecular weight is 276 g/mol. The van der Waals surface area contributed by atoms with E-state index >= 15 is 0 Å². The second-order valence-corrected chi connectivity index (χ2v) is 6.28. The average Bonchev–Trinajstić information content (AvgIpc) is 2.90. The van der Waals surface area contributed by atoms with E-state index in [0.717, 1.165) is 12.2 Å². The third kappa shape index (κ3) is 3.73. The van der Waals surface area contributed by atoms with Gasteiger partial charge in [0.1, 0.15) is 5.60 Å². The van der Waals surface area contributed by atoms with Gasteiger partial charge in [0.15, 0.2) is 0 Å². The Morgan fingerprint density at radius 1 is 1.30 bits per heavy atom. The highest BCUT2D eigenvalue weighted by atomic mass is 16.6. The fourth-order valence-electron chi connectivity index (χ4n) is 2.34. The van der Waals surface area contributed by atoms with Crippen molar-refractivity contribution < 1.29 is 9.53 Å². The van der Waals surface area contributed by atoms with Gasteiger partial charge in [0.05, 0.1) is 0 Å². The predicted molar refractivity (Wildman–Crippen MR) is 81.1 cm³/mol. The van der Waals surface area contributed by atoms with Crippen molar-refractivity contribution in [1.82, 2.24) is 5.32 Å². The minimum Gasteiger partial charge on any atom is -0.443 e. The number of amides is 1. The fraction of sp³-hybridized carbons (Fsp3) is 0.562. The highest BCUT2D eigenvalue weighted by Gasteiger charge is 2.21. The molecule has 1 aliphatic rings. The maximum Gasteiger partial charge on any atom is 0.414 e. The number of rotatable bonds is 2. The highest BCUT2D eigenvalue weighted by Crippen LogP contribution is 2.25. The molecular weight excluding hydrogens is 252 g/mol. The molecule has 1 aliphatic heterocycles. The largest absolute Gasteiger partial charge is 0.443 e. The third-order valence-electron chi connectivity index (χ3n) is 3.41. The minimum atomic E-state index is -0.473. The molecule has 1 amide bonds. The number of hydrogen-bond acceptors (Lipinski definition) is 3. The SMILES string of the molecule is CN(C(=O)OC(C)(C)C)c1ccc(C2CCCN2)cc1. The van der Waals surface area contributed by atoms with Crippen LogP contribution in [0, 0.1) is 0 Å². The Kier molecular flexibility index (Phi) is 4.33. The Balaban J connectivity index is 2.03. The Morgan fingerprint density at radius 3 is 2.45 bits per heavy atom. The van der Waals surface area contributed by atoms with Crippen molar-refractivity contribution in [3.05, 3.63) is 29.8 Å². The van der Waals surface area contributed by atoms with Crippen LogP contribution in [0.3, 0.4) is 0 Å². The van der Waals surface area contributed by atoms with Gasteiger partial charge in [-0.05, 0) is 57.9 Å². The molecule has 1 aromatic carbocycles. The summed E-state index contributed by atoms with van der Waals surface area (Å²) in [4.78, 5) is 13.5. The molecule has 4 nitrogen and oxygen atoms in total. The molecule has 0 radical (unpaired) electrons. The van der Waals surface area contributed by atoms with Crippen LogP contribution in [0.5, 0.6) is 0 Å². The summed E-state index contributed by atoms with van der Waals surface area (Å²) in [7, 11) is 1.73. The molecule has 20 heavy (non-hydrogen) atoms. The van der Waals surface area contributed by atoms with E-state index in [9.17, 15) is 4.79 Å². The molecule has 1 atom stereocenters. The molecule has 1 aromatic rings. The van der Waals surface area contributed by atoms with Gasteiger partial charge in [-0.3, -0.25) is 4.90 Å². The first-order chi connectivity index (χ1) is 9.37. The molecule has 0 spiro atoms. The van der Waals surface area contributed by atoms with E-state index in [1.165, 1.54) is 23.3 Å². The second kappa shape index (κ2) is 5.83. The second-order valence-electron chi connectivity index (χ2n) is 6.28. The number of nitrogens with zero attached hydrogens (tertiary/aromatic N) is 1. The smallest absolute Gasteiger partial charge is 0.414 e. The van der Waals surface area contributed by atoms with E-state index in [2.05, 4.69) is 17.4 Å². The highest BCUT2D eigenvalue weighted by molar-refractivity contribution is 5.87. The zero-order valence-corrected chi connectivity index (χ0v) is 12.8. The lowest BCUT2D eigenvalue weighted by Crippen LogP contribution is -2.34. The van der Waals surface area contributed by atoms with Crippen LogP contribution < -0.4 is 10.2 Å². The van der Waals surface area contributed by atoms with Crippen LogP contribution >= 0.6 is 0 Å². The minimum absolute atomic E-state index is 0.329. The van der Waals surface area contributed by atoms with Gasteiger partial charge in [-0.15, -0.1) is 0 Å². The van der Waals surface area contributed by atoms with Crippen molar-refractivity contribution in [1.29, 1.82) is 0 Å². The molecule has 4 heteroatoms. The maximum atomic E-state index is 12.0. The van der Waals surface area contributed by atoms with Crippen molar-refractivity contribution >= 4 is 11.8 Å². The lowest BCUT2D eigenvalue weighted by molar-refractivity contribution is 0.0589. The van der Waals surface area contributed by atoms with Crippen molar-refractivity contribution in [3.63, 3.8) is 0 Å². The van der Waals surface area contributed by atoms with E-state index in [1.54, 1.807) is 7.05 Å². The molecular formula is C16H24N2O2. The number of nitrogens with one attached hydrogen (secondary N) is 1. The van der Waals surface area contributed by atoms with Gasteiger partial charge in [-0.25, -0.2) is 4.79 Å². The number of carbonyl (C=O) groups excluding carboxylic acids is 1. The summed E-state index contributed by atoms with van der Waals surface area (Å²) in [5, 5.41) is 3.47. The van der Waals surface area contributed by atoms with Gasteiger partial charge in [-0.1, -0.05) is 12.1 Å². The van der Waals surface area contributed by atoms with Crippen molar-refractivity contribution in [2.75, 3.05) is 18.5 Å². The molecule has 110 valence electrons.